The number of aromatic nitrogens is 3. The molecule has 16 heavy (non-hydrogen) atoms. The highest BCUT2D eigenvalue weighted by atomic mass is 16.3. The smallest absolute Gasteiger partial charge is 0.243 e. The van der Waals surface area contributed by atoms with E-state index in [-0.39, 0.29) is 6.10 Å². The van der Waals surface area contributed by atoms with Gasteiger partial charge in [-0.15, -0.1) is 5.10 Å². The third-order valence-corrected chi connectivity index (χ3v) is 2.36. The number of nitrogens with zero attached hydrogens (tertiary/aromatic N) is 3. The summed E-state index contributed by atoms with van der Waals surface area (Å²) in [6, 6.07) is 5.71. The molecule has 0 saturated heterocycles. The Kier molecular flexibility index (Phi) is 3.36. The lowest BCUT2D eigenvalue weighted by Crippen LogP contribution is -2.19. The van der Waals surface area contributed by atoms with E-state index in [1.165, 1.54) is 0 Å². The Morgan fingerprint density at radius 1 is 1.50 bits per heavy atom. The van der Waals surface area contributed by atoms with E-state index in [9.17, 15) is 5.11 Å². The number of hydrogen-bond acceptors (Lipinski definition) is 4. The average Bonchev–Trinajstić information content (AvgIpc) is 2.69. The maximum atomic E-state index is 9.56. The highest BCUT2D eigenvalue weighted by Gasteiger charge is 2.05. The van der Waals surface area contributed by atoms with Crippen molar-refractivity contribution in [1.82, 2.24) is 14.6 Å². The normalized spacial score (nSPS) is 12.9. The fourth-order valence-corrected chi connectivity index (χ4v) is 1.55. The number of fused-ring (bicyclic) bond motifs is 1. The molecule has 0 aliphatic rings. The van der Waals surface area contributed by atoms with Crippen LogP contribution >= 0.6 is 0 Å². The summed E-state index contributed by atoms with van der Waals surface area (Å²) in [5, 5.41) is 16.8. The molecule has 0 radical (unpaired) electrons. The Bertz CT molecular complexity index is 421. The van der Waals surface area contributed by atoms with Crippen molar-refractivity contribution in [3.05, 3.63) is 24.4 Å². The number of pyridine rings is 1. The zero-order chi connectivity index (χ0) is 11.4. The van der Waals surface area contributed by atoms with E-state index in [1.807, 2.05) is 31.3 Å². The standard InChI is InChI=1S/C11H16N4O/c1-2-5-9(16)8-12-11-13-10-6-3-4-7-15(10)14-11/h3-4,6-7,9,16H,2,5,8H2,1H3,(H,12,14). The predicted octanol–water partition coefficient (Wildman–Crippen LogP) is 1.30. The average molecular weight is 220 g/mol. The van der Waals surface area contributed by atoms with E-state index in [0.29, 0.717) is 12.5 Å². The summed E-state index contributed by atoms with van der Waals surface area (Å²) in [5.74, 6) is 0.557. The molecule has 2 N–H and O–H groups in total. The van der Waals surface area contributed by atoms with Crippen molar-refractivity contribution in [2.45, 2.75) is 25.9 Å². The fourth-order valence-electron chi connectivity index (χ4n) is 1.55. The summed E-state index contributed by atoms with van der Waals surface area (Å²) >= 11 is 0. The van der Waals surface area contributed by atoms with Gasteiger partial charge >= 0.3 is 0 Å². The number of nitrogens with one attached hydrogen (secondary N) is 1. The molecule has 0 bridgehead atoms. The molecule has 0 spiro atoms. The van der Waals surface area contributed by atoms with Crippen LogP contribution in [0.25, 0.3) is 5.65 Å². The van der Waals surface area contributed by atoms with E-state index < -0.39 is 0 Å². The molecule has 1 unspecified atom stereocenters. The maximum absolute atomic E-state index is 9.56. The van der Waals surface area contributed by atoms with Gasteiger partial charge in [-0.2, -0.15) is 4.98 Å². The monoisotopic (exact) mass is 220 g/mol. The van der Waals surface area contributed by atoms with Gasteiger partial charge in [0.2, 0.25) is 5.95 Å². The van der Waals surface area contributed by atoms with E-state index in [2.05, 4.69) is 15.4 Å². The Hall–Kier alpha value is -1.62. The van der Waals surface area contributed by atoms with Crippen molar-refractivity contribution in [1.29, 1.82) is 0 Å². The number of aliphatic hydroxyl groups is 1. The Morgan fingerprint density at radius 2 is 2.38 bits per heavy atom. The molecule has 2 aromatic heterocycles. The van der Waals surface area contributed by atoms with Gasteiger partial charge in [0.1, 0.15) is 0 Å². The summed E-state index contributed by atoms with van der Waals surface area (Å²) in [6.07, 6.45) is 3.27. The molecular formula is C11H16N4O. The summed E-state index contributed by atoms with van der Waals surface area (Å²) < 4.78 is 1.70. The van der Waals surface area contributed by atoms with E-state index >= 15 is 0 Å². The van der Waals surface area contributed by atoms with Crippen molar-refractivity contribution in [2.24, 2.45) is 0 Å². The van der Waals surface area contributed by atoms with Crippen molar-refractivity contribution in [3.8, 4) is 0 Å². The van der Waals surface area contributed by atoms with Gasteiger partial charge in [0.15, 0.2) is 5.65 Å². The first-order valence-electron chi connectivity index (χ1n) is 5.53. The molecule has 2 aromatic rings. The van der Waals surface area contributed by atoms with Crippen molar-refractivity contribution >= 4 is 11.6 Å². The molecule has 0 aliphatic carbocycles. The molecule has 0 amide bonds. The molecule has 2 rings (SSSR count). The third kappa shape index (κ3) is 2.49. The van der Waals surface area contributed by atoms with Crippen molar-refractivity contribution < 1.29 is 5.11 Å². The third-order valence-electron chi connectivity index (χ3n) is 2.36. The van der Waals surface area contributed by atoms with Gasteiger partial charge in [-0.3, -0.25) is 0 Å². The predicted molar refractivity (Wildman–Crippen MR) is 62.4 cm³/mol. The lowest BCUT2D eigenvalue weighted by atomic mass is 10.2. The van der Waals surface area contributed by atoms with Crippen LogP contribution in [0.5, 0.6) is 0 Å². The van der Waals surface area contributed by atoms with Crippen molar-refractivity contribution in [3.63, 3.8) is 0 Å². The molecule has 2 heterocycles. The summed E-state index contributed by atoms with van der Waals surface area (Å²) in [5.41, 5.74) is 0.801. The molecular weight excluding hydrogens is 204 g/mol. The van der Waals surface area contributed by atoms with E-state index in [1.54, 1.807) is 4.52 Å². The van der Waals surface area contributed by atoms with Crippen LogP contribution in [-0.4, -0.2) is 32.4 Å². The molecule has 0 aromatic carbocycles. The lowest BCUT2D eigenvalue weighted by molar-refractivity contribution is 0.176. The molecule has 0 aliphatic heterocycles. The molecule has 86 valence electrons. The number of anilines is 1. The SMILES string of the molecule is CCCC(O)CNc1nc2ccccn2n1. The van der Waals surface area contributed by atoms with E-state index in [0.717, 1.165) is 18.5 Å². The zero-order valence-electron chi connectivity index (χ0n) is 9.30. The quantitative estimate of drug-likeness (QED) is 0.797. The molecule has 5 nitrogen and oxygen atoms in total. The van der Waals surface area contributed by atoms with E-state index in [4.69, 9.17) is 0 Å². The van der Waals surface area contributed by atoms with Gasteiger partial charge in [-0.25, -0.2) is 4.52 Å². The second-order valence-electron chi connectivity index (χ2n) is 3.76. The van der Waals surface area contributed by atoms with Gasteiger partial charge in [-0.1, -0.05) is 19.4 Å². The number of aliphatic hydroxyl groups excluding tert-OH is 1. The lowest BCUT2D eigenvalue weighted by Gasteiger charge is -2.08. The largest absolute Gasteiger partial charge is 0.391 e. The Balaban J connectivity index is 1.99. The van der Waals surface area contributed by atoms with Crippen LogP contribution in [0.2, 0.25) is 0 Å². The molecule has 5 heteroatoms. The first-order valence-corrected chi connectivity index (χ1v) is 5.53. The highest BCUT2D eigenvalue weighted by Crippen LogP contribution is 2.05. The van der Waals surface area contributed by atoms with Crippen LogP contribution in [0.15, 0.2) is 24.4 Å². The van der Waals surface area contributed by atoms with Crippen LogP contribution < -0.4 is 5.32 Å². The number of rotatable bonds is 5. The second-order valence-corrected chi connectivity index (χ2v) is 3.76. The number of hydrogen-bond donors (Lipinski definition) is 2. The minimum Gasteiger partial charge on any atom is -0.391 e. The Morgan fingerprint density at radius 3 is 3.12 bits per heavy atom. The highest BCUT2D eigenvalue weighted by molar-refractivity contribution is 5.42. The van der Waals surface area contributed by atoms with Crippen LogP contribution in [0.4, 0.5) is 5.95 Å². The first kappa shape index (κ1) is 10.9. The van der Waals surface area contributed by atoms with Gasteiger partial charge in [-0.05, 0) is 18.6 Å². The van der Waals surface area contributed by atoms with Gasteiger partial charge in [0, 0.05) is 12.7 Å². The van der Waals surface area contributed by atoms with Crippen LogP contribution in [-0.2, 0) is 0 Å². The van der Waals surface area contributed by atoms with Gasteiger partial charge < -0.3 is 10.4 Å². The maximum Gasteiger partial charge on any atom is 0.243 e. The van der Waals surface area contributed by atoms with Crippen LogP contribution in [0.3, 0.4) is 0 Å². The fraction of sp³-hybridized carbons (Fsp3) is 0.455. The minimum absolute atomic E-state index is 0.336. The molecule has 1 atom stereocenters. The topological polar surface area (TPSA) is 62.5 Å². The Labute approximate surface area is 94.1 Å². The van der Waals surface area contributed by atoms with Crippen LogP contribution in [0.1, 0.15) is 19.8 Å². The first-order chi connectivity index (χ1) is 7.79. The minimum atomic E-state index is -0.336. The zero-order valence-corrected chi connectivity index (χ0v) is 9.30. The summed E-state index contributed by atoms with van der Waals surface area (Å²) in [4.78, 5) is 4.27. The molecule has 0 fully saturated rings. The second kappa shape index (κ2) is 4.94. The summed E-state index contributed by atoms with van der Waals surface area (Å²) in [6.45, 7) is 2.54. The van der Waals surface area contributed by atoms with Gasteiger partial charge in [0.05, 0.1) is 6.10 Å². The summed E-state index contributed by atoms with van der Waals surface area (Å²) in [7, 11) is 0. The van der Waals surface area contributed by atoms with Gasteiger partial charge in [0.25, 0.3) is 0 Å². The van der Waals surface area contributed by atoms with Crippen LogP contribution in [0, 0.1) is 0 Å². The van der Waals surface area contributed by atoms with Crippen molar-refractivity contribution in [2.75, 3.05) is 11.9 Å². The molecule has 0 saturated carbocycles.